The Kier molecular flexibility index (Phi) is 3.31. The van der Waals surface area contributed by atoms with Crippen molar-refractivity contribution >= 4 is 11.2 Å². The number of fused-ring (bicyclic) bond motifs is 1. The summed E-state index contributed by atoms with van der Waals surface area (Å²) in [5, 5.41) is 9.32. The van der Waals surface area contributed by atoms with Crippen molar-refractivity contribution in [2.45, 2.75) is 0 Å². The molecule has 0 unspecified atom stereocenters. The molecule has 24 heavy (non-hydrogen) atoms. The molecule has 7 heteroatoms. The number of ether oxygens (including phenoxy) is 1. The highest BCUT2D eigenvalue weighted by Gasteiger charge is 2.13. The fourth-order valence-corrected chi connectivity index (χ4v) is 2.12. The molecule has 4 aromatic rings. The third-order valence-corrected chi connectivity index (χ3v) is 3.28. The number of aromatic nitrogens is 3. The lowest BCUT2D eigenvalue weighted by Crippen LogP contribution is -1.93. The average molecular weight is 323 g/mol. The van der Waals surface area contributed by atoms with Crippen LogP contribution in [-0.4, -0.2) is 20.1 Å². The minimum atomic E-state index is -0.511. The Labute approximate surface area is 135 Å². The molecule has 6 nitrogen and oxygen atoms in total. The van der Waals surface area contributed by atoms with Crippen LogP contribution >= 0.6 is 0 Å². The molecule has 0 saturated carbocycles. The Hall–Kier alpha value is -3.48. The Morgan fingerprint density at radius 1 is 1.00 bits per heavy atom. The molecular weight excluding hydrogens is 313 g/mol. The van der Waals surface area contributed by atoms with Crippen LogP contribution in [0.3, 0.4) is 0 Å². The quantitative estimate of drug-likeness (QED) is 0.615. The topological polar surface area (TPSA) is 81.3 Å². The van der Waals surface area contributed by atoms with Gasteiger partial charge in [-0.1, -0.05) is 12.1 Å². The molecule has 2 aromatic carbocycles. The second-order valence-corrected chi connectivity index (χ2v) is 4.94. The number of aromatic hydroxyl groups is 1. The molecule has 1 N–H and O–H groups in total. The molecule has 0 atom stereocenters. The maximum absolute atomic E-state index is 13.6. The van der Waals surface area contributed by atoms with Crippen LogP contribution in [0, 0.1) is 5.82 Å². The summed E-state index contributed by atoms with van der Waals surface area (Å²) >= 11 is 0. The lowest BCUT2D eigenvalue weighted by atomic mass is 10.2. The van der Waals surface area contributed by atoms with Gasteiger partial charge in [0.25, 0.3) is 5.71 Å². The van der Waals surface area contributed by atoms with Crippen LogP contribution in [0.5, 0.6) is 17.5 Å². The highest BCUT2D eigenvalue weighted by molar-refractivity contribution is 5.72. The van der Waals surface area contributed by atoms with Gasteiger partial charge in [0.2, 0.25) is 5.89 Å². The molecule has 0 amide bonds. The van der Waals surface area contributed by atoms with Crippen LogP contribution in [-0.2, 0) is 0 Å². The van der Waals surface area contributed by atoms with Gasteiger partial charge in [-0.15, -0.1) is 0 Å². The van der Waals surface area contributed by atoms with Crippen LogP contribution in [0.15, 0.2) is 59.1 Å². The summed E-state index contributed by atoms with van der Waals surface area (Å²) in [6.07, 6.45) is 1.44. The number of nitrogens with zero attached hydrogens (tertiary/aromatic N) is 3. The molecule has 0 saturated heterocycles. The average Bonchev–Trinajstić information content (AvgIpc) is 3.01. The first-order valence-electron chi connectivity index (χ1n) is 7.04. The summed E-state index contributed by atoms with van der Waals surface area (Å²) < 4.78 is 24.5. The second kappa shape index (κ2) is 5.62. The zero-order valence-corrected chi connectivity index (χ0v) is 12.2. The molecule has 0 aliphatic carbocycles. The largest absolute Gasteiger partial charge is 0.508 e. The number of phenols is 1. The molecule has 4 rings (SSSR count). The van der Waals surface area contributed by atoms with Crippen molar-refractivity contribution in [2.75, 3.05) is 0 Å². The van der Waals surface area contributed by atoms with Gasteiger partial charge in [-0.2, -0.15) is 4.98 Å². The van der Waals surface area contributed by atoms with Crippen LogP contribution in [0.2, 0.25) is 0 Å². The van der Waals surface area contributed by atoms with Crippen molar-refractivity contribution in [1.82, 2.24) is 15.0 Å². The SMILES string of the molecule is Oc1ccc(-c2nc3cnc(Oc4ccccc4F)nc3o2)cc1. The van der Waals surface area contributed by atoms with E-state index in [9.17, 15) is 9.50 Å². The fourth-order valence-electron chi connectivity index (χ4n) is 2.12. The van der Waals surface area contributed by atoms with E-state index in [2.05, 4.69) is 15.0 Å². The Morgan fingerprint density at radius 2 is 1.79 bits per heavy atom. The van der Waals surface area contributed by atoms with Crippen LogP contribution in [0.4, 0.5) is 4.39 Å². The first-order valence-corrected chi connectivity index (χ1v) is 7.04. The maximum atomic E-state index is 13.6. The highest BCUT2D eigenvalue weighted by atomic mass is 19.1. The minimum absolute atomic E-state index is 0.0233. The van der Waals surface area contributed by atoms with Gasteiger partial charge in [0.15, 0.2) is 11.6 Å². The third-order valence-electron chi connectivity index (χ3n) is 3.28. The molecule has 0 spiro atoms. The monoisotopic (exact) mass is 323 g/mol. The molecule has 0 aliphatic heterocycles. The molecule has 0 aliphatic rings. The fraction of sp³-hybridized carbons (Fsp3) is 0. The van der Waals surface area contributed by atoms with Crippen LogP contribution in [0.25, 0.3) is 22.7 Å². The number of para-hydroxylation sites is 1. The predicted octanol–water partition coefficient (Wildman–Crippen LogP) is 3.92. The van der Waals surface area contributed by atoms with Crippen LogP contribution < -0.4 is 4.74 Å². The van der Waals surface area contributed by atoms with Crippen LogP contribution in [0.1, 0.15) is 0 Å². The van der Waals surface area contributed by atoms with E-state index in [4.69, 9.17) is 9.15 Å². The Balaban J connectivity index is 1.68. The van der Waals surface area contributed by atoms with E-state index in [1.165, 1.54) is 30.5 Å². The summed E-state index contributed by atoms with van der Waals surface area (Å²) in [5.74, 6) is -0.00348. The van der Waals surface area contributed by atoms with E-state index in [0.29, 0.717) is 17.0 Å². The van der Waals surface area contributed by atoms with Gasteiger partial charge in [0.1, 0.15) is 11.3 Å². The molecular formula is C17H10FN3O3. The zero-order chi connectivity index (χ0) is 16.5. The number of halogens is 1. The molecule has 118 valence electrons. The third kappa shape index (κ3) is 2.63. The summed E-state index contributed by atoms with van der Waals surface area (Å²) in [5.41, 5.74) is 1.35. The van der Waals surface area contributed by atoms with Gasteiger partial charge in [0, 0.05) is 5.56 Å². The van der Waals surface area contributed by atoms with Crippen molar-refractivity contribution in [3.63, 3.8) is 0 Å². The van der Waals surface area contributed by atoms with Crippen molar-refractivity contribution in [2.24, 2.45) is 0 Å². The normalized spacial score (nSPS) is 10.9. The Morgan fingerprint density at radius 3 is 2.58 bits per heavy atom. The summed E-state index contributed by atoms with van der Waals surface area (Å²) in [6.45, 7) is 0. The summed E-state index contributed by atoms with van der Waals surface area (Å²) in [4.78, 5) is 12.4. The number of phenolic OH excluding ortho intramolecular Hbond substituents is 1. The number of hydrogen-bond acceptors (Lipinski definition) is 6. The maximum Gasteiger partial charge on any atom is 0.325 e. The van der Waals surface area contributed by atoms with Gasteiger partial charge in [-0.05, 0) is 36.4 Å². The smallest absolute Gasteiger partial charge is 0.325 e. The van der Waals surface area contributed by atoms with Gasteiger partial charge in [-0.25, -0.2) is 14.4 Å². The van der Waals surface area contributed by atoms with Crippen molar-refractivity contribution in [1.29, 1.82) is 0 Å². The molecule has 0 fully saturated rings. The number of hydrogen-bond donors (Lipinski definition) is 1. The lowest BCUT2D eigenvalue weighted by molar-refractivity contribution is 0.410. The molecule has 2 aromatic heterocycles. The minimum Gasteiger partial charge on any atom is -0.508 e. The predicted molar refractivity (Wildman–Crippen MR) is 83.2 cm³/mol. The zero-order valence-electron chi connectivity index (χ0n) is 12.2. The van der Waals surface area contributed by atoms with Gasteiger partial charge >= 0.3 is 6.01 Å². The molecule has 0 bridgehead atoms. The Bertz CT molecular complexity index is 1020. The van der Waals surface area contributed by atoms with Gasteiger partial charge in [0.05, 0.1) is 6.20 Å². The van der Waals surface area contributed by atoms with E-state index < -0.39 is 5.82 Å². The molecule has 0 radical (unpaired) electrons. The number of benzene rings is 2. The summed E-state index contributed by atoms with van der Waals surface area (Å²) in [7, 11) is 0. The lowest BCUT2D eigenvalue weighted by Gasteiger charge is -2.03. The second-order valence-electron chi connectivity index (χ2n) is 4.94. The standard InChI is InChI=1S/C17H10FN3O3/c18-12-3-1-2-4-14(12)23-17-19-9-13-16(21-17)24-15(20-13)10-5-7-11(22)8-6-10/h1-9,22H. The first kappa shape index (κ1) is 14.1. The highest BCUT2D eigenvalue weighted by Crippen LogP contribution is 2.26. The molecule has 2 heterocycles. The first-order chi connectivity index (χ1) is 11.7. The van der Waals surface area contributed by atoms with E-state index in [1.807, 2.05) is 0 Å². The van der Waals surface area contributed by atoms with E-state index >= 15 is 0 Å². The summed E-state index contributed by atoms with van der Waals surface area (Å²) in [6, 6.07) is 12.3. The van der Waals surface area contributed by atoms with Crippen molar-refractivity contribution < 1.29 is 18.7 Å². The van der Waals surface area contributed by atoms with Crippen molar-refractivity contribution in [3.8, 4) is 29.0 Å². The number of rotatable bonds is 3. The van der Waals surface area contributed by atoms with E-state index in [1.54, 1.807) is 24.3 Å². The van der Waals surface area contributed by atoms with Gasteiger partial charge in [-0.3, -0.25) is 0 Å². The van der Waals surface area contributed by atoms with Gasteiger partial charge < -0.3 is 14.3 Å². The number of oxazole rings is 1. The van der Waals surface area contributed by atoms with E-state index in [0.717, 1.165) is 0 Å². The van der Waals surface area contributed by atoms with Crippen molar-refractivity contribution in [3.05, 3.63) is 60.5 Å². The van der Waals surface area contributed by atoms with E-state index in [-0.39, 0.29) is 23.2 Å².